The number of carbonyl (C=O) groups excluding carboxylic acids is 3. The van der Waals surface area contributed by atoms with Crippen LogP contribution in [0.25, 0.3) is 0 Å². The Morgan fingerprint density at radius 1 is 1.05 bits per heavy atom. The van der Waals surface area contributed by atoms with Gasteiger partial charge in [0.05, 0.1) is 18.2 Å². The first-order chi connectivity index (χ1) is 19.2. The molecule has 1 saturated carbocycles. The van der Waals surface area contributed by atoms with Gasteiger partial charge in [0, 0.05) is 22.7 Å². The van der Waals surface area contributed by atoms with Crippen molar-refractivity contribution < 1.29 is 32.4 Å². The van der Waals surface area contributed by atoms with Crippen LogP contribution in [0.5, 0.6) is 0 Å². The molecular formula is C29H36ClN3O7S. The topological polar surface area (TPSA) is 131 Å². The summed E-state index contributed by atoms with van der Waals surface area (Å²) in [5.41, 5.74) is 3.16. The highest BCUT2D eigenvalue weighted by atomic mass is 35.5. The molecule has 2 amide bonds. The molecular weight excluding hydrogens is 570 g/mol. The van der Waals surface area contributed by atoms with Gasteiger partial charge in [-0.15, -0.1) is 0 Å². The summed E-state index contributed by atoms with van der Waals surface area (Å²) in [6, 6.07) is 11.9. The molecule has 1 heterocycles. The van der Waals surface area contributed by atoms with Gasteiger partial charge in [-0.1, -0.05) is 54.8 Å². The molecule has 10 nitrogen and oxygen atoms in total. The third-order valence-corrected chi connectivity index (χ3v) is 8.09. The number of carbonyl (C=O) groups is 3. The minimum atomic E-state index is -3.57. The number of amides is 2. The SMILES string of the molecule is CC(C)(C)OC(=O)CONC(=O)[C@@H]1c2ccccc2C(=O)N([C@H]2CCCC[C@@H]2NS(C)(=O)=O)[C@H]1c1ccc(Cl)cc1. The molecule has 41 heavy (non-hydrogen) atoms. The summed E-state index contributed by atoms with van der Waals surface area (Å²) >= 11 is 6.18. The summed E-state index contributed by atoms with van der Waals surface area (Å²) in [5, 5.41) is 0.485. The number of rotatable bonds is 8. The number of sulfonamides is 1. The zero-order valence-electron chi connectivity index (χ0n) is 23.6. The van der Waals surface area contributed by atoms with Crippen LogP contribution < -0.4 is 10.2 Å². The molecule has 1 aliphatic carbocycles. The van der Waals surface area contributed by atoms with Crippen molar-refractivity contribution in [2.75, 3.05) is 12.9 Å². The summed E-state index contributed by atoms with van der Waals surface area (Å²) in [6.45, 7) is 4.67. The number of benzene rings is 2. The van der Waals surface area contributed by atoms with Crippen LogP contribution in [0.2, 0.25) is 5.02 Å². The third-order valence-electron chi connectivity index (χ3n) is 7.11. The highest BCUT2D eigenvalue weighted by molar-refractivity contribution is 7.88. The number of ether oxygens (including phenoxy) is 1. The second kappa shape index (κ2) is 12.5. The van der Waals surface area contributed by atoms with Gasteiger partial charge in [-0.25, -0.2) is 23.4 Å². The van der Waals surface area contributed by atoms with Gasteiger partial charge in [0.15, 0.2) is 6.61 Å². The van der Waals surface area contributed by atoms with Gasteiger partial charge in [-0.2, -0.15) is 0 Å². The lowest BCUT2D eigenvalue weighted by Crippen LogP contribution is -2.59. The minimum absolute atomic E-state index is 0.300. The van der Waals surface area contributed by atoms with Crippen molar-refractivity contribution >= 4 is 39.4 Å². The number of nitrogens with zero attached hydrogens (tertiary/aromatic N) is 1. The summed E-state index contributed by atoms with van der Waals surface area (Å²) in [5.74, 6) is -2.46. The zero-order chi connectivity index (χ0) is 29.9. The van der Waals surface area contributed by atoms with Crippen molar-refractivity contribution in [3.63, 3.8) is 0 Å². The fourth-order valence-electron chi connectivity index (χ4n) is 5.67. The molecule has 0 spiro atoms. The molecule has 222 valence electrons. The molecule has 2 aromatic rings. The lowest BCUT2D eigenvalue weighted by molar-refractivity contribution is -0.165. The second-order valence-electron chi connectivity index (χ2n) is 11.5. The van der Waals surface area contributed by atoms with Gasteiger partial charge < -0.3 is 9.64 Å². The van der Waals surface area contributed by atoms with Crippen molar-refractivity contribution in [3.8, 4) is 0 Å². The first-order valence-electron chi connectivity index (χ1n) is 13.5. The van der Waals surface area contributed by atoms with Crippen molar-refractivity contribution in [2.24, 2.45) is 0 Å². The van der Waals surface area contributed by atoms with Crippen LogP contribution in [0.15, 0.2) is 48.5 Å². The van der Waals surface area contributed by atoms with E-state index in [4.69, 9.17) is 21.2 Å². The summed E-state index contributed by atoms with van der Waals surface area (Å²) in [4.78, 5) is 47.1. The number of halogens is 1. The van der Waals surface area contributed by atoms with Crippen LogP contribution >= 0.6 is 11.6 Å². The second-order valence-corrected chi connectivity index (χ2v) is 13.7. The van der Waals surface area contributed by atoms with Gasteiger partial charge in [-0.3, -0.25) is 14.4 Å². The number of hydroxylamine groups is 1. The first kappa shape index (κ1) is 31.0. The summed E-state index contributed by atoms with van der Waals surface area (Å²) in [7, 11) is -3.57. The Bertz CT molecular complexity index is 1390. The van der Waals surface area contributed by atoms with E-state index in [0.29, 0.717) is 34.6 Å². The molecule has 2 N–H and O–H groups in total. The highest BCUT2D eigenvalue weighted by Crippen LogP contribution is 2.46. The zero-order valence-corrected chi connectivity index (χ0v) is 25.1. The highest BCUT2D eigenvalue weighted by Gasteiger charge is 2.49. The van der Waals surface area contributed by atoms with Crippen molar-refractivity contribution in [3.05, 3.63) is 70.2 Å². The van der Waals surface area contributed by atoms with E-state index in [1.54, 1.807) is 74.2 Å². The molecule has 4 atom stereocenters. The summed E-state index contributed by atoms with van der Waals surface area (Å²) in [6.07, 6.45) is 3.79. The number of nitrogens with one attached hydrogen (secondary N) is 2. The molecule has 0 bridgehead atoms. The average Bonchev–Trinajstić information content (AvgIpc) is 2.88. The molecule has 1 fully saturated rings. The van der Waals surface area contributed by atoms with Crippen LogP contribution in [0.4, 0.5) is 0 Å². The quantitative estimate of drug-likeness (QED) is 0.345. The van der Waals surface area contributed by atoms with Crippen molar-refractivity contribution in [1.82, 2.24) is 15.1 Å². The molecule has 0 radical (unpaired) electrons. The molecule has 4 rings (SSSR count). The number of hydrogen-bond acceptors (Lipinski definition) is 7. The number of hydrogen-bond donors (Lipinski definition) is 2. The number of esters is 1. The fourth-order valence-corrected chi connectivity index (χ4v) is 6.62. The van der Waals surface area contributed by atoms with E-state index in [1.165, 1.54) is 0 Å². The molecule has 1 aliphatic heterocycles. The lowest BCUT2D eigenvalue weighted by Gasteiger charge is -2.49. The van der Waals surface area contributed by atoms with E-state index in [0.717, 1.165) is 19.1 Å². The fraction of sp³-hybridized carbons (Fsp3) is 0.483. The maximum Gasteiger partial charge on any atom is 0.335 e. The van der Waals surface area contributed by atoms with Gasteiger partial charge in [0.1, 0.15) is 5.60 Å². The standard InChI is InChI=1S/C29H36ClN3O7S/c1-29(2,3)40-24(34)17-39-31-27(35)25-20-9-5-6-10-21(20)28(36)33(26(25)18-13-15-19(30)16-14-18)23-12-8-7-11-22(23)32-41(4,37)38/h5-6,9-10,13-16,22-23,25-26,32H,7-8,11-12,17H2,1-4H3,(H,31,35)/t22-,23-,25+,26-/m0/s1. The Hall–Kier alpha value is -2.99. The average molecular weight is 606 g/mol. The molecule has 0 aromatic heterocycles. The van der Waals surface area contributed by atoms with E-state index < -0.39 is 58.2 Å². The predicted octanol–water partition coefficient (Wildman–Crippen LogP) is 3.87. The van der Waals surface area contributed by atoms with Gasteiger partial charge in [0.2, 0.25) is 10.0 Å². The Morgan fingerprint density at radius 2 is 1.71 bits per heavy atom. The van der Waals surface area contributed by atoms with E-state index >= 15 is 0 Å². The first-order valence-corrected chi connectivity index (χ1v) is 15.8. The van der Waals surface area contributed by atoms with Crippen LogP contribution in [-0.2, 0) is 29.2 Å². The van der Waals surface area contributed by atoms with E-state index in [9.17, 15) is 22.8 Å². The van der Waals surface area contributed by atoms with Crippen LogP contribution in [0.1, 0.15) is 79.9 Å². The minimum Gasteiger partial charge on any atom is -0.458 e. The van der Waals surface area contributed by atoms with Crippen LogP contribution in [0.3, 0.4) is 0 Å². The molecule has 0 saturated heterocycles. The van der Waals surface area contributed by atoms with Crippen LogP contribution in [-0.4, -0.2) is 61.6 Å². The Balaban J connectivity index is 1.76. The molecule has 12 heteroatoms. The normalized spacial score (nSPS) is 23.0. The van der Waals surface area contributed by atoms with E-state index in [2.05, 4.69) is 10.2 Å². The van der Waals surface area contributed by atoms with Crippen molar-refractivity contribution in [2.45, 2.75) is 76.1 Å². The Morgan fingerprint density at radius 3 is 2.37 bits per heavy atom. The molecule has 2 aromatic carbocycles. The maximum atomic E-state index is 14.2. The lowest BCUT2D eigenvalue weighted by atomic mass is 9.76. The van der Waals surface area contributed by atoms with E-state index in [1.807, 2.05) is 0 Å². The van der Waals surface area contributed by atoms with Gasteiger partial charge in [0.25, 0.3) is 11.8 Å². The largest absolute Gasteiger partial charge is 0.458 e. The number of fused-ring (bicyclic) bond motifs is 1. The Kier molecular flexibility index (Phi) is 9.42. The van der Waals surface area contributed by atoms with Gasteiger partial charge >= 0.3 is 5.97 Å². The van der Waals surface area contributed by atoms with Crippen molar-refractivity contribution in [1.29, 1.82) is 0 Å². The monoisotopic (exact) mass is 605 g/mol. The van der Waals surface area contributed by atoms with Gasteiger partial charge in [-0.05, 0) is 62.9 Å². The third kappa shape index (κ3) is 7.65. The smallest absolute Gasteiger partial charge is 0.335 e. The molecule has 0 unspecified atom stereocenters. The summed E-state index contributed by atoms with van der Waals surface area (Å²) < 4.78 is 32.5. The maximum absolute atomic E-state index is 14.2. The molecule has 2 aliphatic rings. The Labute approximate surface area is 245 Å². The van der Waals surface area contributed by atoms with E-state index in [-0.39, 0.29) is 5.91 Å². The van der Waals surface area contributed by atoms with Crippen LogP contribution in [0, 0.1) is 0 Å². The predicted molar refractivity (Wildman–Crippen MR) is 154 cm³/mol.